The maximum absolute atomic E-state index is 13.6. The number of aliphatic carboxylic acids is 1. The molecule has 3 rings (SSSR count). The van der Waals surface area contributed by atoms with Gasteiger partial charge in [-0.2, -0.15) is 18.4 Å². The minimum Gasteiger partial charge on any atom is -0.478 e. The Kier molecular flexibility index (Phi) is 6.99. The lowest BCUT2D eigenvalue weighted by Crippen LogP contribution is -2.51. The van der Waals surface area contributed by atoms with E-state index in [2.05, 4.69) is 6.58 Å². The number of hydrogen-bond acceptors (Lipinski definition) is 5. The molecule has 2 aromatic carbocycles. The molecule has 1 aliphatic heterocycles. The number of carboxylic acid groups (broad SMARTS) is 1. The van der Waals surface area contributed by atoms with Crippen molar-refractivity contribution in [2.75, 3.05) is 17.7 Å². The van der Waals surface area contributed by atoms with Crippen molar-refractivity contribution in [2.24, 2.45) is 0 Å². The fourth-order valence-electron chi connectivity index (χ4n) is 4.05. The van der Waals surface area contributed by atoms with Crippen LogP contribution in [0.3, 0.4) is 0 Å². The van der Waals surface area contributed by atoms with E-state index in [0.717, 1.165) is 40.3 Å². The highest BCUT2D eigenvalue weighted by molar-refractivity contribution is 7.90. The molecule has 0 spiro atoms. The summed E-state index contributed by atoms with van der Waals surface area (Å²) in [5, 5.41) is 19.3. The average Bonchev–Trinajstić information content (AvgIpc) is 2.79. The van der Waals surface area contributed by atoms with Gasteiger partial charge in [0.05, 0.1) is 39.4 Å². The summed E-state index contributed by atoms with van der Waals surface area (Å²) in [6.07, 6.45) is -2.56. The number of benzene rings is 2. The van der Waals surface area contributed by atoms with Crippen LogP contribution < -0.4 is 4.90 Å². The van der Waals surface area contributed by atoms with Gasteiger partial charge in [0.15, 0.2) is 9.84 Å². The average molecular weight is 520 g/mol. The van der Waals surface area contributed by atoms with Gasteiger partial charge in [-0.25, -0.2) is 18.0 Å². The number of carbonyl (C=O) groups excluding carboxylic acids is 1. The number of carboxylic acids is 1. The van der Waals surface area contributed by atoms with Crippen LogP contribution in [0.2, 0.25) is 0 Å². The second-order valence-electron chi connectivity index (χ2n) is 7.95. The van der Waals surface area contributed by atoms with E-state index in [1.807, 2.05) is 6.07 Å². The summed E-state index contributed by atoms with van der Waals surface area (Å²) in [5.41, 5.74) is -1.96. The summed E-state index contributed by atoms with van der Waals surface area (Å²) in [4.78, 5) is 27.6. The van der Waals surface area contributed by atoms with Gasteiger partial charge in [0, 0.05) is 18.5 Å². The van der Waals surface area contributed by atoms with Gasteiger partial charge in [-0.05, 0) is 42.8 Å². The zero-order valence-electron chi connectivity index (χ0n) is 19.1. The monoisotopic (exact) mass is 519 g/mol. The van der Waals surface area contributed by atoms with Crippen LogP contribution in [0.1, 0.15) is 29.7 Å². The second kappa shape index (κ2) is 9.50. The van der Waals surface area contributed by atoms with Crippen LogP contribution in [0.15, 0.2) is 71.3 Å². The molecule has 0 saturated heterocycles. The number of alkyl halides is 3. The van der Waals surface area contributed by atoms with E-state index < -0.39 is 45.2 Å². The first-order valence-corrected chi connectivity index (χ1v) is 12.2. The molecule has 2 aromatic rings. The minimum absolute atomic E-state index is 0.000231. The quantitative estimate of drug-likeness (QED) is 0.561. The number of sulfone groups is 1. The van der Waals surface area contributed by atoms with E-state index >= 15 is 0 Å². The number of hydrogen-bond donors (Lipinski definition) is 1. The highest BCUT2D eigenvalue weighted by atomic mass is 32.2. The molecule has 1 atom stereocenters. The predicted octanol–water partition coefficient (Wildman–Crippen LogP) is 4.51. The zero-order valence-corrected chi connectivity index (χ0v) is 19.9. The van der Waals surface area contributed by atoms with E-state index in [1.54, 1.807) is 0 Å². The molecule has 0 bridgehead atoms. The third kappa shape index (κ3) is 4.83. The number of amides is 2. The summed E-state index contributed by atoms with van der Waals surface area (Å²) in [7, 11) is -3.99. The van der Waals surface area contributed by atoms with Crippen molar-refractivity contribution in [3.8, 4) is 6.07 Å². The largest absolute Gasteiger partial charge is 0.478 e. The number of rotatable bonds is 6. The Balaban J connectivity index is 2.37. The molecule has 0 saturated carbocycles. The highest BCUT2D eigenvalue weighted by Gasteiger charge is 2.44. The number of anilines is 1. The molecule has 0 fully saturated rings. The van der Waals surface area contributed by atoms with Crippen LogP contribution >= 0.6 is 0 Å². The molecule has 36 heavy (non-hydrogen) atoms. The molecular weight excluding hydrogens is 499 g/mol. The van der Waals surface area contributed by atoms with Crippen molar-refractivity contribution < 1.29 is 36.3 Å². The normalized spacial score (nSPS) is 16.7. The van der Waals surface area contributed by atoms with E-state index in [0.29, 0.717) is 0 Å². The zero-order chi connectivity index (χ0) is 27.0. The summed E-state index contributed by atoms with van der Waals surface area (Å²) < 4.78 is 65.1. The molecule has 188 valence electrons. The molecule has 8 nitrogen and oxygen atoms in total. The van der Waals surface area contributed by atoms with Crippen molar-refractivity contribution >= 4 is 27.5 Å². The van der Waals surface area contributed by atoms with Gasteiger partial charge in [0.2, 0.25) is 0 Å². The molecular formula is C24H20F3N3O5S. The van der Waals surface area contributed by atoms with Gasteiger partial charge >= 0.3 is 18.2 Å². The lowest BCUT2D eigenvalue weighted by Gasteiger charge is -2.42. The second-order valence-corrected chi connectivity index (χ2v) is 9.93. The van der Waals surface area contributed by atoms with Crippen molar-refractivity contribution in [3.63, 3.8) is 0 Å². The summed E-state index contributed by atoms with van der Waals surface area (Å²) in [6, 6.07) is 6.96. The van der Waals surface area contributed by atoms with Crippen molar-refractivity contribution in [3.05, 3.63) is 83.1 Å². The Morgan fingerprint density at radius 3 is 2.44 bits per heavy atom. The molecule has 1 heterocycles. The minimum atomic E-state index is -4.71. The van der Waals surface area contributed by atoms with E-state index in [9.17, 15) is 41.5 Å². The SMILES string of the molecule is C=CCN1C(=O)N(c2cccc(C(F)(F)F)c2)C(C)=C(C(=O)O)[C@H]1c1ccc(C#N)cc1S(C)(=O)=O. The Labute approximate surface area is 205 Å². The Morgan fingerprint density at radius 1 is 1.25 bits per heavy atom. The third-order valence-corrected chi connectivity index (χ3v) is 6.72. The summed E-state index contributed by atoms with van der Waals surface area (Å²) >= 11 is 0. The Morgan fingerprint density at radius 2 is 1.92 bits per heavy atom. The maximum Gasteiger partial charge on any atom is 0.416 e. The first kappa shape index (κ1) is 26.5. The molecule has 0 aliphatic carbocycles. The maximum atomic E-state index is 13.6. The number of carbonyl (C=O) groups is 2. The Hall–Kier alpha value is -4.11. The van der Waals surface area contributed by atoms with Crippen molar-refractivity contribution in [2.45, 2.75) is 24.0 Å². The molecule has 0 unspecified atom stereocenters. The fourth-order valence-corrected chi connectivity index (χ4v) is 5.00. The van der Waals surface area contributed by atoms with Crippen LogP contribution in [-0.2, 0) is 20.8 Å². The number of nitriles is 1. The third-order valence-electron chi connectivity index (χ3n) is 5.57. The standard InChI is InChI=1S/C24H20F3N3O5S/c1-4-10-29-21(18-9-8-15(13-28)11-19(18)36(3,34)35)20(22(31)32)14(2)30(23(29)33)17-7-5-6-16(12-17)24(25,26)27/h4-9,11-12,21H,1,10H2,2-3H3,(H,31,32)/t21-/m1/s1. The Bertz CT molecular complexity index is 1440. The van der Waals surface area contributed by atoms with Gasteiger partial charge in [0.1, 0.15) is 0 Å². The smallest absolute Gasteiger partial charge is 0.416 e. The molecule has 0 radical (unpaired) electrons. The van der Waals surface area contributed by atoms with Crippen LogP contribution in [0.25, 0.3) is 0 Å². The van der Waals surface area contributed by atoms with E-state index in [1.165, 1.54) is 31.2 Å². The number of halogens is 3. The van der Waals surface area contributed by atoms with Gasteiger partial charge < -0.3 is 10.0 Å². The van der Waals surface area contributed by atoms with Crippen molar-refractivity contribution in [1.82, 2.24) is 4.90 Å². The van der Waals surface area contributed by atoms with Crippen LogP contribution in [0.5, 0.6) is 0 Å². The van der Waals surface area contributed by atoms with Gasteiger partial charge in [-0.3, -0.25) is 4.90 Å². The highest BCUT2D eigenvalue weighted by Crippen LogP contribution is 2.42. The number of urea groups is 1. The van der Waals surface area contributed by atoms with Crippen LogP contribution in [-0.4, -0.2) is 43.2 Å². The van der Waals surface area contributed by atoms with Gasteiger partial charge in [0.25, 0.3) is 0 Å². The molecule has 1 N–H and O–H groups in total. The molecule has 12 heteroatoms. The summed E-state index contributed by atoms with van der Waals surface area (Å²) in [6.45, 7) is 4.56. The predicted molar refractivity (Wildman–Crippen MR) is 124 cm³/mol. The molecule has 2 amide bonds. The van der Waals surface area contributed by atoms with E-state index in [-0.39, 0.29) is 34.0 Å². The topological polar surface area (TPSA) is 119 Å². The lowest BCUT2D eigenvalue weighted by atomic mass is 9.92. The molecule has 1 aliphatic rings. The van der Waals surface area contributed by atoms with Crippen LogP contribution in [0, 0.1) is 11.3 Å². The van der Waals surface area contributed by atoms with Gasteiger partial charge in [-0.1, -0.05) is 18.2 Å². The lowest BCUT2D eigenvalue weighted by molar-refractivity contribution is -0.137. The first-order chi connectivity index (χ1) is 16.7. The van der Waals surface area contributed by atoms with Crippen LogP contribution in [0.4, 0.5) is 23.7 Å². The number of nitrogens with zero attached hydrogens (tertiary/aromatic N) is 3. The molecule has 0 aromatic heterocycles. The fraction of sp³-hybridized carbons (Fsp3) is 0.208. The van der Waals surface area contributed by atoms with Gasteiger partial charge in [-0.15, -0.1) is 6.58 Å². The number of allylic oxidation sites excluding steroid dienone is 1. The van der Waals surface area contributed by atoms with Crippen molar-refractivity contribution in [1.29, 1.82) is 5.26 Å². The van der Waals surface area contributed by atoms with E-state index in [4.69, 9.17) is 0 Å². The first-order valence-electron chi connectivity index (χ1n) is 10.3. The summed E-state index contributed by atoms with van der Waals surface area (Å²) in [5.74, 6) is -1.51.